The van der Waals surface area contributed by atoms with Crippen LogP contribution in [0, 0.1) is 0 Å². The molecule has 5 nitrogen and oxygen atoms in total. The minimum atomic E-state index is -3.51. The topological polar surface area (TPSA) is 72.2 Å². The second kappa shape index (κ2) is 6.22. The first kappa shape index (κ1) is 17.0. The molecule has 0 aliphatic rings. The van der Waals surface area contributed by atoms with Crippen molar-refractivity contribution in [2.24, 2.45) is 0 Å². The Balaban J connectivity index is 1.80. The Labute approximate surface area is 149 Å². The van der Waals surface area contributed by atoms with E-state index in [0.29, 0.717) is 11.6 Å². The Bertz CT molecular complexity index is 930. The quantitative estimate of drug-likeness (QED) is 0.682. The molecule has 1 N–H and O–H groups in total. The lowest BCUT2D eigenvalue weighted by molar-refractivity contribution is 0.547. The van der Waals surface area contributed by atoms with E-state index in [1.807, 2.05) is 24.3 Å². The Morgan fingerprint density at radius 1 is 1.12 bits per heavy atom. The van der Waals surface area contributed by atoms with Crippen LogP contribution < -0.4 is 5.32 Å². The molecule has 0 aliphatic heterocycles. The zero-order chi connectivity index (χ0) is 17.4. The predicted molar refractivity (Wildman–Crippen MR) is 97.9 cm³/mol. The average Bonchev–Trinajstić information content (AvgIpc) is 2.96. The third kappa shape index (κ3) is 3.18. The second-order valence-corrected chi connectivity index (χ2v) is 9.56. The number of aromatic nitrogens is 1. The lowest BCUT2D eigenvalue weighted by Crippen LogP contribution is -2.39. The number of oxazole rings is 1. The maximum absolute atomic E-state index is 12.9. The van der Waals surface area contributed by atoms with Crippen LogP contribution in [-0.4, -0.2) is 24.7 Å². The maximum atomic E-state index is 12.9. The van der Waals surface area contributed by atoms with Crippen molar-refractivity contribution >= 4 is 42.9 Å². The number of halogens is 1. The van der Waals surface area contributed by atoms with Gasteiger partial charge in [-0.15, -0.1) is 0 Å². The molecule has 0 amide bonds. The van der Waals surface area contributed by atoms with Crippen molar-refractivity contribution in [3.05, 3.63) is 53.0 Å². The molecular formula is C17H17BrN2O3S. The van der Waals surface area contributed by atoms with Gasteiger partial charge in [-0.3, -0.25) is 0 Å². The molecule has 0 unspecified atom stereocenters. The van der Waals surface area contributed by atoms with E-state index in [9.17, 15) is 8.42 Å². The first-order valence-corrected chi connectivity index (χ1v) is 9.67. The summed E-state index contributed by atoms with van der Waals surface area (Å²) in [4.78, 5) is 4.59. The maximum Gasteiger partial charge on any atom is 0.295 e. The molecular weight excluding hydrogens is 392 g/mol. The molecule has 0 radical (unpaired) electrons. The highest BCUT2D eigenvalue weighted by Crippen LogP contribution is 2.27. The normalized spacial score (nSPS) is 12.5. The first-order chi connectivity index (χ1) is 11.3. The second-order valence-electron chi connectivity index (χ2n) is 6.06. The molecule has 7 heteroatoms. The van der Waals surface area contributed by atoms with Crippen LogP contribution in [0.5, 0.6) is 0 Å². The highest BCUT2D eigenvalue weighted by molar-refractivity contribution is 9.10. The van der Waals surface area contributed by atoms with E-state index in [2.05, 4.69) is 26.2 Å². The zero-order valence-corrected chi connectivity index (χ0v) is 15.7. The van der Waals surface area contributed by atoms with Crippen molar-refractivity contribution < 1.29 is 12.8 Å². The molecule has 126 valence electrons. The van der Waals surface area contributed by atoms with Crippen molar-refractivity contribution in [1.29, 1.82) is 0 Å². The number of benzene rings is 2. The van der Waals surface area contributed by atoms with E-state index in [-0.39, 0.29) is 11.4 Å². The zero-order valence-electron chi connectivity index (χ0n) is 13.3. The fourth-order valence-electron chi connectivity index (χ4n) is 2.26. The summed E-state index contributed by atoms with van der Waals surface area (Å²) in [5.74, 6) is 0. The van der Waals surface area contributed by atoms with Crippen molar-refractivity contribution in [2.75, 3.05) is 11.9 Å². The van der Waals surface area contributed by atoms with Crippen molar-refractivity contribution in [1.82, 2.24) is 4.98 Å². The summed E-state index contributed by atoms with van der Waals surface area (Å²) < 4.78 is 31.1. The summed E-state index contributed by atoms with van der Waals surface area (Å²) in [5, 5.41) is 3.00. The van der Waals surface area contributed by atoms with Crippen LogP contribution in [0.15, 0.2) is 62.3 Å². The third-order valence-electron chi connectivity index (χ3n) is 3.81. The Hall–Kier alpha value is -1.86. The number of nitrogens with zero attached hydrogens (tertiary/aromatic N) is 1. The van der Waals surface area contributed by atoms with Crippen LogP contribution in [0.4, 0.5) is 6.01 Å². The van der Waals surface area contributed by atoms with Gasteiger partial charge in [-0.1, -0.05) is 28.1 Å². The molecule has 3 rings (SSSR count). The Morgan fingerprint density at radius 2 is 1.79 bits per heavy atom. The monoisotopic (exact) mass is 408 g/mol. The van der Waals surface area contributed by atoms with Crippen molar-refractivity contribution in [2.45, 2.75) is 23.5 Å². The van der Waals surface area contributed by atoms with E-state index in [4.69, 9.17) is 4.42 Å². The summed E-state index contributed by atoms with van der Waals surface area (Å²) in [5.41, 5.74) is 1.39. The van der Waals surface area contributed by atoms with Gasteiger partial charge in [0.25, 0.3) is 6.01 Å². The SMILES string of the molecule is CC(C)(CNc1nc2ccccc2o1)S(=O)(=O)c1ccc(Br)cc1. The van der Waals surface area contributed by atoms with Gasteiger partial charge in [0.05, 0.1) is 9.64 Å². The number of hydrogen-bond acceptors (Lipinski definition) is 5. The molecule has 0 saturated heterocycles. The molecule has 0 fully saturated rings. The highest BCUT2D eigenvalue weighted by atomic mass is 79.9. The summed E-state index contributed by atoms with van der Waals surface area (Å²) in [6.07, 6.45) is 0. The smallest absolute Gasteiger partial charge is 0.295 e. The lowest BCUT2D eigenvalue weighted by Gasteiger charge is -2.24. The minimum Gasteiger partial charge on any atom is -0.424 e. The summed E-state index contributed by atoms with van der Waals surface area (Å²) in [6.45, 7) is 3.54. The van der Waals surface area contributed by atoms with Gasteiger partial charge in [-0.05, 0) is 50.2 Å². The molecule has 0 atom stereocenters. The van der Waals surface area contributed by atoms with Crippen LogP contribution in [0.1, 0.15) is 13.8 Å². The van der Waals surface area contributed by atoms with Gasteiger partial charge in [0.2, 0.25) is 0 Å². The van der Waals surface area contributed by atoms with Crippen LogP contribution in [0.2, 0.25) is 0 Å². The molecule has 1 heterocycles. The van der Waals surface area contributed by atoms with Crippen molar-refractivity contribution in [3.8, 4) is 0 Å². The van der Waals surface area contributed by atoms with E-state index in [1.165, 1.54) is 0 Å². The largest absolute Gasteiger partial charge is 0.424 e. The number of para-hydroxylation sites is 2. The molecule has 0 saturated carbocycles. The fourth-order valence-corrected chi connectivity index (χ4v) is 3.92. The van der Waals surface area contributed by atoms with E-state index >= 15 is 0 Å². The van der Waals surface area contributed by atoms with E-state index in [1.54, 1.807) is 38.1 Å². The van der Waals surface area contributed by atoms with Gasteiger partial charge in [0.15, 0.2) is 15.4 Å². The van der Waals surface area contributed by atoms with Crippen LogP contribution >= 0.6 is 15.9 Å². The number of fused-ring (bicyclic) bond motifs is 1. The minimum absolute atomic E-state index is 0.179. The van der Waals surface area contributed by atoms with Gasteiger partial charge in [0.1, 0.15) is 5.52 Å². The lowest BCUT2D eigenvalue weighted by atomic mass is 10.2. The number of rotatable bonds is 5. The molecule has 2 aromatic carbocycles. The molecule has 3 aromatic rings. The van der Waals surface area contributed by atoms with Gasteiger partial charge in [-0.2, -0.15) is 4.98 Å². The summed E-state index contributed by atoms with van der Waals surface area (Å²) in [6, 6.07) is 14.3. The molecule has 24 heavy (non-hydrogen) atoms. The van der Waals surface area contributed by atoms with Crippen LogP contribution in [-0.2, 0) is 9.84 Å². The predicted octanol–water partition coefficient (Wildman–Crippen LogP) is 4.25. The highest BCUT2D eigenvalue weighted by Gasteiger charge is 2.36. The summed E-state index contributed by atoms with van der Waals surface area (Å²) in [7, 11) is -3.51. The third-order valence-corrected chi connectivity index (χ3v) is 6.83. The molecule has 0 spiro atoms. The molecule has 0 aliphatic carbocycles. The average molecular weight is 409 g/mol. The van der Waals surface area contributed by atoms with E-state index in [0.717, 1.165) is 9.99 Å². The number of anilines is 1. The van der Waals surface area contributed by atoms with Gasteiger partial charge >= 0.3 is 0 Å². The number of nitrogens with one attached hydrogen (secondary N) is 1. The van der Waals surface area contributed by atoms with Crippen molar-refractivity contribution in [3.63, 3.8) is 0 Å². The number of sulfone groups is 1. The summed E-state index contributed by atoms with van der Waals surface area (Å²) >= 11 is 3.31. The van der Waals surface area contributed by atoms with Gasteiger partial charge in [-0.25, -0.2) is 8.42 Å². The van der Waals surface area contributed by atoms with Crippen LogP contribution in [0.25, 0.3) is 11.1 Å². The first-order valence-electron chi connectivity index (χ1n) is 7.39. The molecule has 0 bridgehead atoms. The molecule has 1 aromatic heterocycles. The fraction of sp³-hybridized carbons (Fsp3) is 0.235. The van der Waals surface area contributed by atoms with Crippen LogP contribution in [0.3, 0.4) is 0 Å². The van der Waals surface area contributed by atoms with E-state index < -0.39 is 14.6 Å². The van der Waals surface area contributed by atoms with Gasteiger partial charge < -0.3 is 9.73 Å². The standard InChI is InChI=1S/C17H17BrN2O3S/c1-17(2,24(21,22)13-9-7-12(18)8-10-13)11-19-16-20-14-5-3-4-6-15(14)23-16/h3-10H,11H2,1-2H3,(H,19,20). The number of hydrogen-bond donors (Lipinski definition) is 1. The van der Waals surface area contributed by atoms with Gasteiger partial charge in [0, 0.05) is 11.0 Å². The Kier molecular flexibility index (Phi) is 4.40. The Morgan fingerprint density at radius 3 is 2.46 bits per heavy atom.